The number of aromatic amines is 1. The summed E-state index contributed by atoms with van der Waals surface area (Å²) >= 11 is 9.86. The average molecular weight is 364 g/mol. The number of aromatic nitrogens is 1. The molecule has 0 aliphatic heterocycles. The van der Waals surface area contributed by atoms with Crippen LogP contribution in [0.1, 0.15) is 11.3 Å². The lowest BCUT2D eigenvalue weighted by Crippen LogP contribution is -2.06. The van der Waals surface area contributed by atoms with E-state index in [2.05, 4.69) is 26.1 Å². The maximum absolute atomic E-state index is 9.35. The summed E-state index contributed by atoms with van der Waals surface area (Å²) in [6.07, 6.45) is 0.505. The van der Waals surface area contributed by atoms with E-state index in [4.69, 9.17) is 11.6 Å². The third-order valence-corrected chi connectivity index (χ3v) is 4.21. The Bertz CT molecular complexity index is 812. The number of benzene rings is 2. The molecule has 0 aliphatic carbocycles. The molecule has 0 spiro atoms. The van der Waals surface area contributed by atoms with Gasteiger partial charge in [-0.2, -0.15) is 0 Å². The molecule has 3 aromatic rings. The van der Waals surface area contributed by atoms with Gasteiger partial charge >= 0.3 is 0 Å². The van der Waals surface area contributed by atoms with Gasteiger partial charge in [0.2, 0.25) is 0 Å². The number of hydrogen-bond donors (Lipinski definition) is 2. The summed E-state index contributed by atoms with van der Waals surface area (Å²) in [5, 5.41) is 14.2. The van der Waals surface area contributed by atoms with Crippen LogP contribution < -0.4 is 0 Å². The predicted octanol–water partition coefficient (Wildman–Crippen LogP) is 5.00. The Labute approximate surface area is 135 Å². The number of nitrogens with zero attached hydrogens (tertiary/aromatic N) is 1. The van der Waals surface area contributed by atoms with Crippen molar-refractivity contribution in [2.45, 2.75) is 6.42 Å². The van der Waals surface area contributed by atoms with E-state index in [1.807, 2.05) is 48.5 Å². The van der Waals surface area contributed by atoms with Crippen LogP contribution in [-0.4, -0.2) is 15.9 Å². The molecule has 0 radical (unpaired) electrons. The zero-order valence-corrected chi connectivity index (χ0v) is 13.3. The maximum atomic E-state index is 9.35. The number of halogens is 2. The smallest absolute Gasteiger partial charge is 0.109 e. The van der Waals surface area contributed by atoms with Crippen LogP contribution in [0.3, 0.4) is 0 Å². The van der Waals surface area contributed by atoms with Crippen molar-refractivity contribution in [2.24, 2.45) is 5.16 Å². The largest absolute Gasteiger partial charge is 0.411 e. The van der Waals surface area contributed by atoms with E-state index < -0.39 is 0 Å². The van der Waals surface area contributed by atoms with Gasteiger partial charge in [-0.1, -0.05) is 63.0 Å². The minimum Gasteiger partial charge on any atom is -0.411 e. The molecule has 0 fully saturated rings. The van der Waals surface area contributed by atoms with Crippen molar-refractivity contribution in [3.63, 3.8) is 0 Å². The topological polar surface area (TPSA) is 48.4 Å². The molecule has 1 aromatic heterocycles. The van der Waals surface area contributed by atoms with Gasteiger partial charge in [-0.3, -0.25) is 0 Å². The van der Waals surface area contributed by atoms with Crippen LogP contribution in [0.25, 0.3) is 10.9 Å². The monoisotopic (exact) mass is 362 g/mol. The first-order chi connectivity index (χ1) is 10.2. The first-order valence-corrected chi connectivity index (χ1v) is 7.58. The summed E-state index contributed by atoms with van der Waals surface area (Å²) in [6, 6.07) is 15.6. The highest BCUT2D eigenvalue weighted by Gasteiger charge is 2.16. The highest BCUT2D eigenvalue weighted by Crippen LogP contribution is 2.30. The van der Waals surface area contributed by atoms with Gasteiger partial charge in [-0.15, -0.1) is 0 Å². The number of rotatable bonds is 3. The summed E-state index contributed by atoms with van der Waals surface area (Å²) in [6.45, 7) is 0. The fourth-order valence-corrected chi connectivity index (χ4v) is 2.97. The molecule has 3 rings (SSSR count). The first kappa shape index (κ1) is 14.2. The Balaban J connectivity index is 2.04. The van der Waals surface area contributed by atoms with Gasteiger partial charge < -0.3 is 10.2 Å². The van der Waals surface area contributed by atoms with E-state index in [-0.39, 0.29) is 0 Å². The van der Waals surface area contributed by atoms with Gasteiger partial charge in [0, 0.05) is 21.8 Å². The van der Waals surface area contributed by atoms with E-state index >= 15 is 0 Å². The Morgan fingerprint density at radius 1 is 1.19 bits per heavy atom. The summed E-state index contributed by atoms with van der Waals surface area (Å²) in [7, 11) is 0. The second-order valence-corrected chi connectivity index (χ2v) is 6.01. The lowest BCUT2D eigenvalue weighted by atomic mass is 10.1. The third-order valence-electron chi connectivity index (χ3n) is 3.32. The van der Waals surface area contributed by atoms with E-state index in [1.165, 1.54) is 0 Å². The Hall–Kier alpha value is -1.78. The molecule has 106 valence electrons. The van der Waals surface area contributed by atoms with Gasteiger partial charge in [-0.05, 0) is 23.8 Å². The summed E-state index contributed by atoms with van der Waals surface area (Å²) in [4.78, 5) is 3.22. The number of H-pyrrole nitrogens is 1. The fraction of sp³-hybridized carbons (Fsp3) is 0.0625. The molecule has 5 heteroatoms. The molecular weight excluding hydrogens is 352 g/mol. The summed E-state index contributed by atoms with van der Waals surface area (Å²) < 4.78 is 0.952. The second kappa shape index (κ2) is 5.92. The molecule has 2 N–H and O–H groups in total. The molecule has 0 atom stereocenters. The Morgan fingerprint density at radius 3 is 2.67 bits per heavy atom. The summed E-state index contributed by atoms with van der Waals surface area (Å²) in [5.74, 6) is 0. The highest BCUT2D eigenvalue weighted by atomic mass is 79.9. The lowest BCUT2D eigenvalue weighted by molar-refractivity contribution is 0.318. The van der Waals surface area contributed by atoms with E-state index in [0.29, 0.717) is 22.8 Å². The van der Waals surface area contributed by atoms with Gasteiger partial charge in [0.05, 0.1) is 10.7 Å². The fourth-order valence-electron chi connectivity index (χ4n) is 2.29. The van der Waals surface area contributed by atoms with Crippen molar-refractivity contribution in [3.05, 3.63) is 69.3 Å². The van der Waals surface area contributed by atoms with Crippen LogP contribution >= 0.6 is 27.5 Å². The van der Waals surface area contributed by atoms with E-state index in [0.717, 1.165) is 20.9 Å². The predicted molar refractivity (Wildman–Crippen MR) is 89.5 cm³/mol. The van der Waals surface area contributed by atoms with Crippen molar-refractivity contribution in [1.82, 2.24) is 4.98 Å². The zero-order valence-electron chi connectivity index (χ0n) is 11.0. The normalized spacial score (nSPS) is 12.0. The molecule has 0 amide bonds. The molecule has 1 heterocycles. The van der Waals surface area contributed by atoms with Crippen LogP contribution in [0.2, 0.25) is 5.02 Å². The van der Waals surface area contributed by atoms with Crippen LogP contribution in [0.5, 0.6) is 0 Å². The van der Waals surface area contributed by atoms with Gasteiger partial charge in [0.15, 0.2) is 0 Å². The maximum Gasteiger partial charge on any atom is 0.109 e. The molecule has 0 unspecified atom stereocenters. The van der Waals surface area contributed by atoms with Crippen molar-refractivity contribution >= 4 is 44.1 Å². The number of fused-ring (bicyclic) bond motifs is 1. The Kier molecular flexibility index (Phi) is 3.99. The summed E-state index contributed by atoms with van der Waals surface area (Å²) in [5.41, 5.74) is 3.13. The number of hydrogen-bond acceptors (Lipinski definition) is 2. The van der Waals surface area contributed by atoms with Crippen molar-refractivity contribution in [2.75, 3.05) is 0 Å². The Morgan fingerprint density at radius 2 is 1.95 bits per heavy atom. The van der Waals surface area contributed by atoms with Gasteiger partial charge in [0.1, 0.15) is 5.71 Å². The number of nitrogens with one attached hydrogen (secondary N) is 1. The van der Waals surface area contributed by atoms with Crippen LogP contribution in [0.15, 0.2) is 58.2 Å². The van der Waals surface area contributed by atoms with Crippen LogP contribution in [0, 0.1) is 0 Å². The van der Waals surface area contributed by atoms with Crippen molar-refractivity contribution in [3.8, 4) is 0 Å². The quantitative estimate of drug-likeness (QED) is 0.384. The van der Waals surface area contributed by atoms with Crippen molar-refractivity contribution < 1.29 is 5.21 Å². The minimum absolute atomic E-state index is 0.505. The molecule has 0 saturated carbocycles. The molecule has 0 saturated heterocycles. The molecule has 0 bridgehead atoms. The third kappa shape index (κ3) is 2.82. The van der Waals surface area contributed by atoms with Gasteiger partial charge in [-0.25, -0.2) is 0 Å². The molecular formula is C16H12BrClN2O. The first-order valence-electron chi connectivity index (χ1n) is 6.41. The van der Waals surface area contributed by atoms with E-state index in [9.17, 15) is 5.21 Å². The van der Waals surface area contributed by atoms with Crippen molar-refractivity contribution in [1.29, 1.82) is 0 Å². The minimum atomic E-state index is 0.505. The second-order valence-electron chi connectivity index (χ2n) is 4.71. The standard InChI is InChI=1S/C16H12BrClN2O/c17-11-6-7-13-12(9-11)15(18)16(19-13)14(20-21)8-10-4-2-1-3-5-10/h1-7,9,19,21H,8H2/b20-14-. The lowest BCUT2D eigenvalue weighted by Gasteiger charge is -2.03. The average Bonchev–Trinajstić information content (AvgIpc) is 2.83. The molecule has 21 heavy (non-hydrogen) atoms. The SMILES string of the molecule is O/N=C(/Cc1ccccc1)c1[nH]c2ccc(Br)cc2c1Cl. The van der Waals surface area contributed by atoms with Gasteiger partial charge in [0.25, 0.3) is 0 Å². The highest BCUT2D eigenvalue weighted by molar-refractivity contribution is 9.10. The van der Waals surface area contributed by atoms with Crippen LogP contribution in [0.4, 0.5) is 0 Å². The molecule has 2 aromatic carbocycles. The zero-order chi connectivity index (χ0) is 14.8. The number of oxime groups is 1. The van der Waals surface area contributed by atoms with E-state index in [1.54, 1.807) is 0 Å². The molecule has 0 aliphatic rings. The van der Waals surface area contributed by atoms with Crippen LogP contribution in [-0.2, 0) is 6.42 Å². The molecule has 3 nitrogen and oxygen atoms in total.